The average Bonchev–Trinajstić information content (AvgIpc) is 3.52. The molecule has 43 heavy (non-hydrogen) atoms. The first-order chi connectivity index (χ1) is 20.6. The van der Waals surface area contributed by atoms with Crippen molar-refractivity contribution < 1.29 is 23.1 Å². The number of anilines is 2. The number of hydrogen-bond acceptors (Lipinski definition) is 8. The van der Waals surface area contributed by atoms with Gasteiger partial charge in [-0.1, -0.05) is 12.1 Å². The zero-order valence-corrected chi connectivity index (χ0v) is 22.3. The minimum atomic E-state index is -4.55. The van der Waals surface area contributed by atoms with E-state index in [-0.39, 0.29) is 22.9 Å². The van der Waals surface area contributed by atoms with Gasteiger partial charge in [0.05, 0.1) is 16.6 Å². The summed E-state index contributed by atoms with van der Waals surface area (Å²) in [7, 11) is 0. The molecule has 4 N–H and O–H groups in total. The highest BCUT2D eigenvalue weighted by atomic mass is 19.4. The molecule has 6 aromatic rings. The van der Waals surface area contributed by atoms with E-state index in [2.05, 4.69) is 30.4 Å². The van der Waals surface area contributed by atoms with Crippen LogP contribution in [0, 0.1) is 6.92 Å². The Hall–Kier alpha value is -5.85. The maximum atomic E-state index is 13.2. The normalized spacial score (nSPS) is 11.5. The van der Waals surface area contributed by atoms with Crippen LogP contribution in [-0.2, 0) is 6.18 Å². The number of halogens is 3. The molecule has 3 aromatic carbocycles. The van der Waals surface area contributed by atoms with Gasteiger partial charge < -0.3 is 16.2 Å². The van der Waals surface area contributed by atoms with Crippen LogP contribution in [0.3, 0.4) is 0 Å². The Morgan fingerprint density at radius 1 is 1.00 bits per heavy atom. The van der Waals surface area contributed by atoms with Crippen molar-refractivity contribution in [3.05, 3.63) is 102 Å². The summed E-state index contributed by atoms with van der Waals surface area (Å²) in [4.78, 5) is 29.9. The fourth-order valence-electron chi connectivity index (χ4n) is 4.69. The number of fused-ring (bicyclic) bond motifs is 1. The third-order valence-electron chi connectivity index (χ3n) is 6.79. The third-order valence-corrected chi connectivity index (χ3v) is 6.79. The largest absolute Gasteiger partial charge is 0.507 e. The Morgan fingerprint density at radius 3 is 2.56 bits per heavy atom. The number of pyridine rings is 1. The average molecular weight is 583 g/mol. The molecule has 0 aliphatic carbocycles. The number of amides is 1. The lowest BCUT2D eigenvalue weighted by molar-refractivity contribution is -0.137. The highest BCUT2D eigenvalue weighted by molar-refractivity contribution is 6.06. The predicted octanol–water partition coefficient (Wildman–Crippen LogP) is 5.81. The van der Waals surface area contributed by atoms with Gasteiger partial charge in [0.2, 0.25) is 5.95 Å². The molecule has 0 unspecified atom stereocenters. The van der Waals surface area contributed by atoms with Gasteiger partial charge in [-0.05, 0) is 66.6 Å². The van der Waals surface area contributed by atoms with Crippen LogP contribution in [0.15, 0.2) is 85.7 Å². The number of aryl methyl sites for hydroxylation is 1. The molecule has 0 spiro atoms. The van der Waals surface area contributed by atoms with Gasteiger partial charge in [-0.2, -0.15) is 18.3 Å². The number of aromatic hydroxyl groups is 1. The van der Waals surface area contributed by atoms with Gasteiger partial charge >= 0.3 is 6.18 Å². The molecule has 214 valence electrons. The Morgan fingerprint density at radius 2 is 1.84 bits per heavy atom. The summed E-state index contributed by atoms with van der Waals surface area (Å²) in [6.45, 7) is 1.81. The lowest BCUT2D eigenvalue weighted by atomic mass is 9.92. The van der Waals surface area contributed by atoms with Crippen molar-refractivity contribution in [3.8, 4) is 33.8 Å². The minimum absolute atomic E-state index is 0.00522. The van der Waals surface area contributed by atoms with Gasteiger partial charge in [0.15, 0.2) is 5.82 Å². The van der Waals surface area contributed by atoms with E-state index in [4.69, 9.17) is 5.73 Å². The number of carbonyl (C=O) groups is 1. The molecule has 0 aliphatic heterocycles. The number of nitrogen functional groups attached to an aromatic ring is 1. The molecule has 0 fully saturated rings. The Kier molecular flexibility index (Phi) is 6.69. The molecule has 0 radical (unpaired) electrons. The van der Waals surface area contributed by atoms with Crippen LogP contribution in [0.2, 0.25) is 0 Å². The van der Waals surface area contributed by atoms with Gasteiger partial charge in [0.25, 0.3) is 5.91 Å². The van der Waals surface area contributed by atoms with Crippen LogP contribution in [-0.4, -0.2) is 40.7 Å². The highest BCUT2D eigenvalue weighted by Crippen LogP contribution is 2.44. The first kappa shape index (κ1) is 27.3. The van der Waals surface area contributed by atoms with Crippen LogP contribution in [0.25, 0.3) is 39.0 Å². The Balaban J connectivity index is 1.43. The van der Waals surface area contributed by atoms with Crippen LogP contribution < -0.4 is 11.1 Å². The number of carbonyl (C=O) groups excluding carboxylic acids is 1. The number of nitrogens with one attached hydrogen (secondary N) is 1. The number of hydrogen-bond donors (Lipinski definition) is 3. The summed E-state index contributed by atoms with van der Waals surface area (Å²) < 4.78 is 41.0. The summed E-state index contributed by atoms with van der Waals surface area (Å²) >= 11 is 0. The fraction of sp³-hybridized carbons (Fsp3) is 0.0667. The van der Waals surface area contributed by atoms with E-state index in [1.54, 1.807) is 49.5 Å². The van der Waals surface area contributed by atoms with E-state index in [1.165, 1.54) is 35.7 Å². The minimum Gasteiger partial charge on any atom is -0.507 e. The molecular weight excluding hydrogens is 561 g/mol. The first-order valence-corrected chi connectivity index (χ1v) is 12.8. The molecule has 6 rings (SSSR count). The second-order valence-corrected chi connectivity index (χ2v) is 9.62. The van der Waals surface area contributed by atoms with E-state index in [9.17, 15) is 23.1 Å². The fourth-order valence-corrected chi connectivity index (χ4v) is 4.69. The zero-order valence-electron chi connectivity index (χ0n) is 22.3. The second-order valence-electron chi connectivity index (χ2n) is 9.62. The van der Waals surface area contributed by atoms with E-state index in [0.29, 0.717) is 39.0 Å². The van der Waals surface area contributed by atoms with Gasteiger partial charge in [-0.25, -0.2) is 24.6 Å². The Bertz CT molecular complexity index is 1990. The molecule has 0 saturated heterocycles. The number of phenols is 1. The molecule has 0 atom stereocenters. The summed E-state index contributed by atoms with van der Waals surface area (Å²) in [5, 5.41) is 18.8. The van der Waals surface area contributed by atoms with E-state index in [0.717, 1.165) is 17.7 Å². The smallest absolute Gasteiger partial charge is 0.416 e. The highest BCUT2D eigenvalue weighted by Gasteiger charge is 2.30. The predicted molar refractivity (Wildman–Crippen MR) is 153 cm³/mol. The zero-order chi connectivity index (χ0) is 30.3. The van der Waals surface area contributed by atoms with Crippen molar-refractivity contribution >= 4 is 28.4 Å². The summed E-state index contributed by atoms with van der Waals surface area (Å²) in [5.74, 6) is -0.243. The van der Waals surface area contributed by atoms with E-state index < -0.39 is 17.6 Å². The van der Waals surface area contributed by atoms with Crippen LogP contribution in [0.5, 0.6) is 5.75 Å². The maximum absolute atomic E-state index is 13.2. The van der Waals surface area contributed by atoms with Crippen molar-refractivity contribution in [2.24, 2.45) is 0 Å². The van der Waals surface area contributed by atoms with Crippen molar-refractivity contribution in [1.29, 1.82) is 0 Å². The number of alkyl halides is 3. The van der Waals surface area contributed by atoms with Crippen LogP contribution in [0.1, 0.15) is 21.5 Å². The van der Waals surface area contributed by atoms with Crippen LogP contribution >= 0.6 is 0 Å². The number of nitrogens with two attached hydrogens (primary N) is 1. The number of rotatable bonds is 5. The molecule has 0 aliphatic rings. The lowest BCUT2D eigenvalue weighted by Gasteiger charge is -2.16. The molecule has 10 nitrogen and oxygen atoms in total. The van der Waals surface area contributed by atoms with Gasteiger partial charge in [-0.15, -0.1) is 0 Å². The lowest BCUT2D eigenvalue weighted by Crippen LogP contribution is -2.13. The number of benzene rings is 3. The number of nitrogens with zero attached hydrogens (tertiary/aromatic N) is 6. The SMILES string of the molecule is Cc1ccc(C(=O)Nc2cccc(C(F)(F)F)c2)cc1-c1cc2cnc(N)nc2c(-c2ccc(-n3cncn3)nc2)c1O. The monoisotopic (exact) mass is 582 g/mol. The third kappa shape index (κ3) is 5.30. The Labute approximate surface area is 241 Å². The standard InChI is InChI=1S/C30H21F3N8O2/c1-16-5-6-17(28(43)39-21-4-2-3-20(11-21)30(31,32)33)9-22(16)23-10-19-13-37-29(34)40-26(19)25(27(23)42)18-7-8-24(36-12-18)41-15-35-14-38-41/h2-15,42H,1H3,(H,39,43)(H2,34,37,40). The summed E-state index contributed by atoms with van der Waals surface area (Å²) in [6.07, 6.45) is 1.42. The molecule has 0 saturated carbocycles. The molecule has 0 bridgehead atoms. The summed E-state index contributed by atoms with van der Waals surface area (Å²) in [5.41, 5.74) is 8.06. The van der Waals surface area contributed by atoms with Crippen molar-refractivity contribution in [2.75, 3.05) is 11.1 Å². The number of phenolic OH excluding ortho intramolecular Hbond substituents is 1. The van der Waals surface area contributed by atoms with E-state index >= 15 is 0 Å². The van der Waals surface area contributed by atoms with Crippen molar-refractivity contribution in [3.63, 3.8) is 0 Å². The van der Waals surface area contributed by atoms with Crippen molar-refractivity contribution in [2.45, 2.75) is 13.1 Å². The van der Waals surface area contributed by atoms with E-state index in [1.807, 2.05) is 0 Å². The van der Waals surface area contributed by atoms with Gasteiger partial charge in [-0.3, -0.25) is 4.79 Å². The topological polar surface area (TPSA) is 145 Å². The maximum Gasteiger partial charge on any atom is 0.416 e. The molecule has 3 aromatic heterocycles. The quantitative estimate of drug-likeness (QED) is 0.231. The second kappa shape index (κ2) is 10.5. The molecule has 1 amide bonds. The van der Waals surface area contributed by atoms with Crippen LogP contribution in [0.4, 0.5) is 24.8 Å². The number of aromatic nitrogens is 6. The van der Waals surface area contributed by atoms with Crippen molar-refractivity contribution in [1.82, 2.24) is 29.7 Å². The van der Waals surface area contributed by atoms with Gasteiger partial charge in [0, 0.05) is 40.2 Å². The molecular formula is C30H21F3N8O2. The van der Waals surface area contributed by atoms with Gasteiger partial charge in [0.1, 0.15) is 18.4 Å². The summed E-state index contributed by atoms with van der Waals surface area (Å²) in [6, 6.07) is 14.3. The molecule has 3 heterocycles. The first-order valence-electron chi connectivity index (χ1n) is 12.8. The molecule has 13 heteroatoms.